The highest BCUT2D eigenvalue weighted by Gasteiger charge is 2.34. The van der Waals surface area contributed by atoms with Crippen molar-refractivity contribution in [1.82, 2.24) is 0 Å². The van der Waals surface area contributed by atoms with Crippen molar-refractivity contribution in [3.63, 3.8) is 0 Å². The van der Waals surface area contributed by atoms with Crippen molar-refractivity contribution in [2.45, 2.75) is 36.3 Å². The lowest BCUT2D eigenvalue weighted by molar-refractivity contribution is -0.146. The highest BCUT2D eigenvalue weighted by molar-refractivity contribution is 8.00. The van der Waals surface area contributed by atoms with Gasteiger partial charge in [0.15, 0.2) is 0 Å². The molecule has 1 aliphatic rings. The Balaban J connectivity index is 1.68. The maximum Gasteiger partial charge on any atom is 0.339 e. The van der Waals surface area contributed by atoms with Crippen LogP contribution >= 0.6 is 11.8 Å². The molecule has 2 amide bonds. The van der Waals surface area contributed by atoms with E-state index in [1.54, 1.807) is 48.5 Å². The standard InChI is InChI=1S/C26H28N2O6S/c1-3-22(24(30)28-21-14-7-6-13-20(21)26(33)34-2)35-17-10-8-9-16(15-17)27-23(29)18-11-4-5-12-19(18)25(31)32/h4-10,13-15,18-19,22H,3,11-12H2,1-2H3,(H,27,29)(H,28,30)(H,31,32). The van der Waals surface area contributed by atoms with E-state index in [-0.39, 0.29) is 17.4 Å². The molecule has 0 aromatic heterocycles. The topological polar surface area (TPSA) is 122 Å². The number of methoxy groups -OCH3 is 1. The highest BCUT2D eigenvalue weighted by atomic mass is 32.2. The summed E-state index contributed by atoms with van der Waals surface area (Å²) in [6, 6.07) is 13.7. The third kappa shape index (κ3) is 6.73. The molecule has 3 unspecified atom stereocenters. The predicted octanol–water partition coefficient (Wildman–Crippen LogP) is 4.59. The molecule has 3 atom stereocenters. The molecule has 0 spiro atoms. The molecule has 2 aromatic rings. The van der Waals surface area contributed by atoms with Crippen LogP contribution in [-0.2, 0) is 19.1 Å². The van der Waals surface area contributed by atoms with E-state index in [4.69, 9.17) is 4.74 Å². The minimum absolute atomic E-state index is 0.262. The third-order valence-electron chi connectivity index (χ3n) is 5.72. The van der Waals surface area contributed by atoms with Crippen LogP contribution in [0.25, 0.3) is 0 Å². The fourth-order valence-electron chi connectivity index (χ4n) is 3.84. The zero-order chi connectivity index (χ0) is 25.4. The van der Waals surface area contributed by atoms with Gasteiger partial charge < -0.3 is 20.5 Å². The molecule has 0 heterocycles. The fraction of sp³-hybridized carbons (Fsp3) is 0.308. The van der Waals surface area contributed by atoms with Crippen LogP contribution < -0.4 is 10.6 Å². The average molecular weight is 497 g/mol. The number of esters is 1. The molecule has 0 bridgehead atoms. The Kier molecular flexibility index (Phi) is 9.08. The molecule has 1 aliphatic carbocycles. The lowest BCUT2D eigenvalue weighted by atomic mass is 9.82. The maximum absolute atomic E-state index is 13.0. The molecule has 2 aromatic carbocycles. The second kappa shape index (κ2) is 12.2. The number of para-hydroxylation sites is 1. The zero-order valence-electron chi connectivity index (χ0n) is 19.5. The Morgan fingerprint density at radius 2 is 1.74 bits per heavy atom. The van der Waals surface area contributed by atoms with Gasteiger partial charge >= 0.3 is 11.9 Å². The van der Waals surface area contributed by atoms with Gasteiger partial charge in [-0.15, -0.1) is 11.8 Å². The van der Waals surface area contributed by atoms with E-state index in [1.807, 2.05) is 19.1 Å². The van der Waals surface area contributed by atoms with E-state index in [9.17, 15) is 24.3 Å². The van der Waals surface area contributed by atoms with Crippen LogP contribution in [0.15, 0.2) is 65.6 Å². The number of allylic oxidation sites excluding steroid dienone is 2. The smallest absolute Gasteiger partial charge is 0.339 e. The first-order valence-electron chi connectivity index (χ1n) is 11.3. The summed E-state index contributed by atoms with van der Waals surface area (Å²) in [6.07, 6.45) is 4.86. The number of carbonyl (C=O) groups excluding carboxylic acids is 3. The molecule has 35 heavy (non-hydrogen) atoms. The van der Waals surface area contributed by atoms with Crippen molar-refractivity contribution < 1.29 is 29.0 Å². The van der Waals surface area contributed by atoms with Gasteiger partial charge in [0, 0.05) is 10.6 Å². The largest absolute Gasteiger partial charge is 0.481 e. The summed E-state index contributed by atoms with van der Waals surface area (Å²) in [4.78, 5) is 50.0. The summed E-state index contributed by atoms with van der Waals surface area (Å²) in [5, 5.41) is 14.6. The van der Waals surface area contributed by atoms with Gasteiger partial charge in [0.05, 0.1) is 35.4 Å². The Labute approximate surface area is 208 Å². The summed E-state index contributed by atoms with van der Waals surface area (Å²) in [7, 11) is 1.28. The van der Waals surface area contributed by atoms with Crippen LogP contribution in [0.3, 0.4) is 0 Å². The number of benzene rings is 2. The quantitative estimate of drug-likeness (QED) is 0.264. The Morgan fingerprint density at radius 1 is 1.03 bits per heavy atom. The summed E-state index contributed by atoms with van der Waals surface area (Å²) >= 11 is 1.33. The van der Waals surface area contributed by atoms with Gasteiger partial charge in [-0.2, -0.15) is 0 Å². The van der Waals surface area contributed by atoms with E-state index >= 15 is 0 Å². The predicted molar refractivity (Wildman–Crippen MR) is 134 cm³/mol. The van der Waals surface area contributed by atoms with Crippen LogP contribution in [0.1, 0.15) is 36.5 Å². The number of ether oxygens (including phenoxy) is 1. The molecule has 0 radical (unpaired) electrons. The van der Waals surface area contributed by atoms with Gasteiger partial charge in [-0.25, -0.2) is 4.79 Å². The molecule has 0 saturated carbocycles. The number of nitrogens with one attached hydrogen (secondary N) is 2. The number of rotatable bonds is 9. The Bertz CT molecular complexity index is 1130. The van der Waals surface area contributed by atoms with Gasteiger partial charge in [-0.05, 0) is 49.6 Å². The third-order valence-corrected chi connectivity index (χ3v) is 7.08. The number of anilines is 2. The summed E-state index contributed by atoms with van der Waals surface area (Å²) in [6.45, 7) is 1.89. The van der Waals surface area contributed by atoms with Gasteiger partial charge in [0.1, 0.15) is 0 Å². The van der Waals surface area contributed by atoms with Crippen molar-refractivity contribution >= 4 is 46.9 Å². The Morgan fingerprint density at radius 3 is 2.43 bits per heavy atom. The lowest BCUT2D eigenvalue weighted by Gasteiger charge is -2.24. The first-order chi connectivity index (χ1) is 16.8. The van der Waals surface area contributed by atoms with Crippen molar-refractivity contribution in [2.24, 2.45) is 11.8 Å². The van der Waals surface area contributed by atoms with E-state index in [0.717, 1.165) is 4.90 Å². The van der Waals surface area contributed by atoms with Crippen molar-refractivity contribution in [2.75, 3.05) is 17.7 Å². The van der Waals surface area contributed by atoms with E-state index in [2.05, 4.69) is 10.6 Å². The van der Waals surface area contributed by atoms with Crippen LogP contribution in [-0.4, -0.2) is 41.2 Å². The van der Waals surface area contributed by atoms with Crippen LogP contribution in [0.5, 0.6) is 0 Å². The van der Waals surface area contributed by atoms with E-state index < -0.39 is 29.0 Å². The molecule has 0 aliphatic heterocycles. The molecule has 3 rings (SSSR count). The number of aliphatic carboxylic acids is 1. The van der Waals surface area contributed by atoms with Crippen LogP contribution in [0.4, 0.5) is 11.4 Å². The van der Waals surface area contributed by atoms with E-state index in [0.29, 0.717) is 30.6 Å². The fourth-order valence-corrected chi connectivity index (χ4v) is 4.85. The summed E-state index contributed by atoms with van der Waals surface area (Å²) in [5.74, 6) is -3.51. The first-order valence-corrected chi connectivity index (χ1v) is 12.2. The number of carboxylic acids is 1. The molecule has 9 heteroatoms. The van der Waals surface area contributed by atoms with Gasteiger partial charge in [0.25, 0.3) is 0 Å². The molecular formula is C26H28N2O6S. The monoisotopic (exact) mass is 496 g/mol. The van der Waals surface area contributed by atoms with Gasteiger partial charge in [-0.1, -0.05) is 37.3 Å². The number of carbonyl (C=O) groups is 4. The van der Waals surface area contributed by atoms with E-state index in [1.165, 1.54) is 18.9 Å². The number of amides is 2. The number of hydrogen-bond donors (Lipinski definition) is 3. The lowest BCUT2D eigenvalue weighted by Crippen LogP contribution is -2.34. The molecule has 8 nitrogen and oxygen atoms in total. The average Bonchev–Trinajstić information content (AvgIpc) is 2.87. The SMILES string of the molecule is CCC(Sc1cccc(NC(=O)C2CC=CCC2C(=O)O)c1)C(=O)Nc1ccccc1C(=O)OC. The molecule has 0 saturated heterocycles. The van der Waals surface area contributed by atoms with Gasteiger partial charge in [0.2, 0.25) is 11.8 Å². The minimum Gasteiger partial charge on any atom is -0.481 e. The zero-order valence-corrected chi connectivity index (χ0v) is 20.3. The second-order valence-corrected chi connectivity index (χ2v) is 9.33. The number of carboxylic acid groups (broad SMARTS) is 1. The minimum atomic E-state index is -0.982. The molecule has 3 N–H and O–H groups in total. The first kappa shape index (κ1) is 26.0. The normalized spacial score (nSPS) is 17.8. The number of thioether (sulfide) groups is 1. The summed E-state index contributed by atoms with van der Waals surface area (Å²) < 4.78 is 4.78. The van der Waals surface area contributed by atoms with Crippen LogP contribution in [0, 0.1) is 11.8 Å². The molecule has 184 valence electrons. The maximum atomic E-state index is 13.0. The molecule has 0 fully saturated rings. The molecular weight excluding hydrogens is 468 g/mol. The second-order valence-electron chi connectivity index (χ2n) is 8.05. The highest BCUT2D eigenvalue weighted by Crippen LogP contribution is 2.31. The Hall–Kier alpha value is -3.59. The van der Waals surface area contributed by atoms with Gasteiger partial charge in [-0.3, -0.25) is 14.4 Å². The van der Waals surface area contributed by atoms with Crippen LogP contribution in [0.2, 0.25) is 0 Å². The summed E-state index contributed by atoms with van der Waals surface area (Å²) in [5.41, 5.74) is 1.18. The van der Waals surface area contributed by atoms with Crippen molar-refractivity contribution in [3.05, 3.63) is 66.2 Å². The number of hydrogen-bond acceptors (Lipinski definition) is 6. The van der Waals surface area contributed by atoms with Crippen molar-refractivity contribution in [1.29, 1.82) is 0 Å². The van der Waals surface area contributed by atoms with Crippen molar-refractivity contribution in [3.8, 4) is 0 Å².